The largest absolute Gasteiger partial charge is 0.394 e. The number of hydrogen-bond donors (Lipinski definition) is 5. The first-order valence-electron chi connectivity index (χ1n) is 7.87. The fourth-order valence-corrected chi connectivity index (χ4v) is 2.70. The van der Waals surface area contributed by atoms with Crippen LogP contribution in [0.1, 0.15) is 11.1 Å². The minimum Gasteiger partial charge on any atom is -0.394 e. The molecule has 0 aliphatic heterocycles. The third-order valence-corrected chi connectivity index (χ3v) is 4.18. The van der Waals surface area contributed by atoms with E-state index in [0.717, 1.165) is 10.5 Å². The molecule has 0 bridgehead atoms. The van der Waals surface area contributed by atoms with Crippen molar-refractivity contribution in [1.82, 2.24) is 9.84 Å². The number of nitrogens with one attached hydrogen (secondary N) is 1. The van der Waals surface area contributed by atoms with Gasteiger partial charge in [-0.3, -0.25) is 4.72 Å². The van der Waals surface area contributed by atoms with Crippen molar-refractivity contribution in [3.8, 4) is 0 Å². The molecular formula is C17H22FN5O2S. The molecule has 7 N–H and O–H groups in total. The van der Waals surface area contributed by atoms with Crippen LogP contribution in [0, 0.1) is 5.82 Å². The molecule has 0 aliphatic carbocycles. The summed E-state index contributed by atoms with van der Waals surface area (Å²) in [6.45, 7) is 0.289. The highest BCUT2D eigenvalue weighted by Crippen LogP contribution is 2.15. The summed E-state index contributed by atoms with van der Waals surface area (Å²) in [6, 6.07) is 13.3. The number of nitrogens with two attached hydrogens (primary N) is 2. The highest BCUT2D eigenvalue weighted by atomic mass is 32.2. The highest BCUT2D eigenvalue weighted by Gasteiger charge is 2.05. The number of amidine groups is 1. The van der Waals surface area contributed by atoms with Crippen LogP contribution in [0.15, 0.2) is 58.5 Å². The van der Waals surface area contributed by atoms with Crippen LogP contribution in [-0.2, 0) is 6.54 Å². The molecule has 7 nitrogen and oxygen atoms in total. The van der Waals surface area contributed by atoms with Gasteiger partial charge in [0.15, 0.2) is 5.84 Å². The van der Waals surface area contributed by atoms with Crippen molar-refractivity contribution in [3.63, 3.8) is 0 Å². The molecule has 0 fully saturated rings. The van der Waals surface area contributed by atoms with Gasteiger partial charge in [-0.25, -0.2) is 15.4 Å². The Labute approximate surface area is 155 Å². The summed E-state index contributed by atoms with van der Waals surface area (Å²) in [5.74, 6) is 5.79. The van der Waals surface area contributed by atoms with Crippen LogP contribution in [0.2, 0.25) is 0 Å². The number of hydrogen-bond acceptors (Lipinski definition) is 7. The second-order valence-corrected chi connectivity index (χ2v) is 6.48. The standard InChI is InChI=1S/C17H22FN5O2S/c18-14-5-1-12(2-6-14)10-23(20)22-17(19)13-3-7-16(8-4-13)26-21-9-15(25)11-24/h1-8,15,21,24-25H,9-11,20H2,(H2,19,22). The molecule has 9 heteroatoms. The Morgan fingerprint density at radius 2 is 1.85 bits per heavy atom. The van der Waals surface area contributed by atoms with Crippen LogP contribution >= 0.6 is 11.9 Å². The van der Waals surface area contributed by atoms with E-state index in [2.05, 4.69) is 9.82 Å². The van der Waals surface area contributed by atoms with Crippen molar-refractivity contribution < 1.29 is 14.6 Å². The molecule has 0 aliphatic rings. The zero-order chi connectivity index (χ0) is 18.9. The molecule has 26 heavy (non-hydrogen) atoms. The van der Waals surface area contributed by atoms with Gasteiger partial charge < -0.3 is 15.9 Å². The van der Waals surface area contributed by atoms with Gasteiger partial charge in [0, 0.05) is 17.0 Å². The molecule has 0 spiro atoms. The van der Waals surface area contributed by atoms with Gasteiger partial charge >= 0.3 is 0 Å². The Morgan fingerprint density at radius 3 is 2.46 bits per heavy atom. The fraction of sp³-hybridized carbons (Fsp3) is 0.235. The zero-order valence-corrected chi connectivity index (χ0v) is 14.9. The van der Waals surface area contributed by atoms with E-state index < -0.39 is 6.10 Å². The molecule has 0 amide bonds. The Balaban J connectivity index is 1.90. The quantitative estimate of drug-likeness (QED) is 0.143. The number of rotatable bonds is 9. The molecular weight excluding hydrogens is 357 g/mol. The molecule has 0 heterocycles. The molecule has 0 aromatic heterocycles. The van der Waals surface area contributed by atoms with Crippen molar-refractivity contribution in [1.29, 1.82) is 0 Å². The first-order valence-corrected chi connectivity index (χ1v) is 8.69. The Hall–Kier alpha value is -2.17. The highest BCUT2D eigenvalue weighted by molar-refractivity contribution is 7.97. The van der Waals surface area contributed by atoms with Gasteiger partial charge in [-0.1, -0.05) is 24.3 Å². The van der Waals surface area contributed by atoms with Gasteiger partial charge in [-0.15, -0.1) is 5.10 Å². The van der Waals surface area contributed by atoms with E-state index >= 15 is 0 Å². The van der Waals surface area contributed by atoms with E-state index in [1.165, 1.54) is 29.2 Å². The molecule has 0 saturated carbocycles. The first-order chi connectivity index (χ1) is 12.5. The summed E-state index contributed by atoms with van der Waals surface area (Å²) in [4.78, 5) is 0.919. The third-order valence-electron chi connectivity index (χ3n) is 3.36. The summed E-state index contributed by atoms with van der Waals surface area (Å²) < 4.78 is 15.9. The lowest BCUT2D eigenvalue weighted by atomic mass is 10.2. The van der Waals surface area contributed by atoms with E-state index in [1.54, 1.807) is 24.3 Å². The van der Waals surface area contributed by atoms with Gasteiger partial charge in [0.1, 0.15) is 5.82 Å². The van der Waals surface area contributed by atoms with Gasteiger partial charge in [0.2, 0.25) is 0 Å². The number of hydrazone groups is 1. The first kappa shape index (κ1) is 20.1. The maximum atomic E-state index is 12.9. The SMILES string of the molecule is N/C(=N\N(N)Cc1ccc(F)cc1)c1ccc(SNCC(O)CO)cc1. The predicted octanol–water partition coefficient (Wildman–Crippen LogP) is 0.772. The molecule has 140 valence electrons. The monoisotopic (exact) mass is 379 g/mol. The molecule has 2 aromatic carbocycles. The number of aliphatic hydroxyl groups is 2. The number of nitrogens with zero attached hydrogens (tertiary/aromatic N) is 2. The smallest absolute Gasteiger partial charge is 0.152 e. The number of aliphatic hydroxyl groups excluding tert-OH is 2. The van der Waals surface area contributed by atoms with E-state index in [0.29, 0.717) is 12.1 Å². The lowest BCUT2D eigenvalue weighted by molar-refractivity contribution is 0.0994. The van der Waals surface area contributed by atoms with Crippen molar-refractivity contribution >= 4 is 17.8 Å². The number of benzene rings is 2. The van der Waals surface area contributed by atoms with Gasteiger partial charge in [0.25, 0.3) is 0 Å². The summed E-state index contributed by atoms with van der Waals surface area (Å²) in [5, 5.41) is 23.3. The maximum absolute atomic E-state index is 12.9. The molecule has 0 radical (unpaired) electrons. The van der Waals surface area contributed by atoms with Gasteiger partial charge in [-0.05, 0) is 41.8 Å². The van der Waals surface area contributed by atoms with E-state index in [9.17, 15) is 9.50 Å². The summed E-state index contributed by atoms with van der Waals surface area (Å²) in [7, 11) is 0. The molecule has 0 saturated heterocycles. The van der Waals surface area contributed by atoms with Crippen LogP contribution in [0.4, 0.5) is 4.39 Å². The molecule has 2 rings (SSSR count). The maximum Gasteiger partial charge on any atom is 0.152 e. The van der Waals surface area contributed by atoms with Gasteiger partial charge in [0.05, 0.1) is 19.3 Å². The van der Waals surface area contributed by atoms with Crippen LogP contribution in [0.5, 0.6) is 0 Å². The van der Waals surface area contributed by atoms with Crippen LogP contribution in [-0.4, -0.2) is 40.4 Å². The average molecular weight is 379 g/mol. The lowest BCUT2D eigenvalue weighted by Crippen LogP contribution is -2.29. The zero-order valence-electron chi connectivity index (χ0n) is 14.0. The second kappa shape index (κ2) is 10.1. The normalized spacial score (nSPS) is 12.8. The molecule has 1 unspecified atom stereocenters. The Morgan fingerprint density at radius 1 is 1.19 bits per heavy atom. The predicted molar refractivity (Wildman–Crippen MR) is 100 cm³/mol. The van der Waals surface area contributed by atoms with E-state index in [1.807, 2.05) is 12.1 Å². The minimum absolute atomic E-state index is 0.259. The van der Waals surface area contributed by atoms with Gasteiger partial charge in [-0.2, -0.15) is 0 Å². The third kappa shape index (κ3) is 6.62. The van der Waals surface area contributed by atoms with Crippen molar-refractivity contribution in [2.75, 3.05) is 13.2 Å². The van der Waals surface area contributed by atoms with Crippen molar-refractivity contribution in [2.24, 2.45) is 16.7 Å². The summed E-state index contributed by atoms with van der Waals surface area (Å²) >= 11 is 1.33. The Kier molecular flexibility index (Phi) is 7.82. The average Bonchev–Trinajstić information content (AvgIpc) is 2.64. The van der Waals surface area contributed by atoms with Crippen LogP contribution in [0.25, 0.3) is 0 Å². The minimum atomic E-state index is -0.791. The Bertz CT molecular complexity index is 712. The van der Waals surface area contributed by atoms with E-state index in [-0.39, 0.29) is 24.8 Å². The fourth-order valence-electron chi connectivity index (χ4n) is 1.99. The topological polar surface area (TPSA) is 120 Å². The number of hydrazine groups is 1. The summed E-state index contributed by atoms with van der Waals surface area (Å²) in [5.41, 5.74) is 7.49. The second-order valence-electron chi connectivity index (χ2n) is 5.52. The molecule has 2 aromatic rings. The van der Waals surface area contributed by atoms with E-state index in [4.69, 9.17) is 16.7 Å². The van der Waals surface area contributed by atoms with Crippen molar-refractivity contribution in [3.05, 3.63) is 65.5 Å². The van der Waals surface area contributed by atoms with Crippen LogP contribution < -0.4 is 16.3 Å². The molecule has 1 atom stereocenters. The number of halogens is 1. The van der Waals surface area contributed by atoms with Crippen LogP contribution in [0.3, 0.4) is 0 Å². The van der Waals surface area contributed by atoms with Crippen molar-refractivity contribution in [2.45, 2.75) is 17.5 Å². The summed E-state index contributed by atoms with van der Waals surface area (Å²) in [6.07, 6.45) is -0.791. The lowest BCUT2D eigenvalue weighted by Gasteiger charge is -2.14.